The van der Waals surface area contributed by atoms with Gasteiger partial charge in [0, 0.05) is 24.0 Å². The Morgan fingerprint density at radius 1 is 0.824 bits per heavy atom. The summed E-state index contributed by atoms with van der Waals surface area (Å²) in [5, 5.41) is 0. The number of benzene rings is 1. The van der Waals surface area contributed by atoms with Gasteiger partial charge in [-0.1, -0.05) is 6.07 Å². The van der Waals surface area contributed by atoms with Gasteiger partial charge in [-0.25, -0.2) is 9.97 Å². The van der Waals surface area contributed by atoms with Crippen LogP contribution < -0.4 is 5.73 Å². The maximum Gasteiger partial charge on any atom is 0.127 e. The summed E-state index contributed by atoms with van der Waals surface area (Å²) in [6.45, 7) is 0. The van der Waals surface area contributed by atoms with E-state index < -0.39 is 0 Å². The van der Waals surface area contributed by atoms with Crippen molar-refractivity contribution in [3.63, 3.8) is 0 Å². The average molecular weight is 223 g/mol. The van der Waals surface area contributed by atoms with Crippen LogP contribution in [0.2, 0.25) is 0 Å². The van der Waals surface area contributed by atoms with Gasteiger partial charge in [-0.3, -0.25) is 9.97 Å². The Morgan fingerprint density at radius 2 is 1.65 bits per heavy atom. The molecule has 0 bridgehead atoms. The zero-order valence-electron chi connectivity index (χ0n) is 8.91. The molecule has 2 N–H and O–H groups in total. The largest absolute Gasteiger partial charge is 0.384 e. The van der Waals surface area contributed by atoms with E-state index in [1.807, 2.05) is 18.2 Å². The Bertz CT molecular complexity index is 680. The number of nitrogens with two attached hydrogens (primary N) is 1. The monoisotopic (exact) mass is 223 g/mol. The van der Waals surface area contributed by atoms with Crippen molar-refractivity contribution in [1.82, 2.24) is 19.9 Å². The number of hydrogen-bond acceptors (Lipinski definition) is 5. The van der Waals surface area contributed by atoms with Crippen LogP contribution in [0.1, 0.15) is 0 Å². The molecule has 82 valence electrons. The van der Waals surface area contributed by atoms with Crippen molar-refractivity contribution in [2.24, 2.45) is 0 Å². The Kier molecular flexibility index (Phi) is 2.15. The first kappa shape index (κ1) is 9.65. The summed E-state index contributed by atoms with van der Waals surface area (Å²) in [6, 6.07) is 7.52. The maximum atomic E-state index is 5.63. The van der Waals surface area contributed by atoms with Gasteiger partial charge in [-0.15, -0.1) is 0 Å². The number of hydrogen-bond donors (Lipinski definition) is 1. The third kappa shape index (κ3) is 1.78. The van der Waals surface area contributed by atoms with Gasteiger partial charge >= 0.3 is 0 Å². The Hall–Kier alpha value is -2.56. The summed E-state index contributed by atoms with van der Waals surface area (Å²) in [7, 11) is 0. The molecular weight excluding hydrogens is 214 g/mol. The van der Waals surface area contributed by atoms with E-state index in [0.29, 0.717) is 5.82 Å². The van der Waals surface area contributed by atoms with E-state index in [9.17, 15) is 0 Å². The summed E-state index contributed by atoms with van der Waals surface area (Å²) >= 11 is 0. The van der Waals surface area contributed by atoms with E-state index in [4.69, 9.17) is 5.73 Å². The van der Waals surface area contributed by atoms with Crippen molar-refractivity contribution in [3.05, 3.63) is 43.0 Å². The molecule has 5 nitrogen and oxygen atoms in total. The van der Waals surface area contributed by atoms with Crippen molar-refractivity contribution >= 4 is 16.9 Å². The number of nitrogens with zero attached hydrogens (tertiary/aromatic N) is 4. The molecule has 5 heteroatoms. The minimum atomic E-state index is 0.453. The highest BCUT2D eigenvalue weighted by Gasteiger charge is 2.02. The molecule has 2 heterocycles. The zero-order valence-corrected chi connectivity index (χ0v) is 8.91. The highest BCUT2D eigenvalue weighted by atomic mass is 14.9. The summed E-state index contributed by atoms with van der Waals surface area (Å²) in [4.78, 5) is 16.5. The fourth-order valence-corrected chi connectivity index (χ4v) is 1.65. The summed E-state index contributed by atoms with van der Waals surface area (Å²) in [5.74, 6) is 0.453. The molecule has 17 heavy (non-hydrogen) atoms. The molecule has 0 aliphatic carbocycles. The van der Waals surface area contributed by atoms with Gasteiger partial charge in [0.25, 0.3) is 0 Å². The van der Waals surface area contributed by atoms with Gasteiger partial charge in [-0.05, 0) is 12.1 Å². The van der Waals surface area contributed by atoms with E-state index in [1.54, 1.807) is 18.5 Å². The van der Waals surface area contributed by atoms with Crippen LogP contribution in [0.5, 0.6) is 0 Å². The lowest BCUT2D eigenvalue weighted by molar-refractivity contribution is 1.18. The average Bonchev–Trinajstić information content (AvgIpc) is 2.38. The molecule has 3 rings (SSSR count). The molecule has 0 spiro atoms. The molecule has 0 amide bonds. The van der Waals surface area contributed by atoms with Gasteiger partial charge < -0.3 is 5.73 Å². The number of rotatable bonds is 1. The van der Waals surface area contributed by atoms with Gasteiger partial charge in [0.1, 0.15) is 12.1 Å². The highest BCUT2D eigenvalue weighted by molar-refractivity contribution is 5.80. The third-order valence-corrected chi connectivity index (χ3v) is 2.45. The lowest BCUT2D eigenvalue weighted by Gasteiger charge is -2.02. The second-order valence-corrected chi connectivity index (χ2v) is 3.59. The molecule has 0 atom stereocenters. The van der Waals surface area contributed by atoms with Crippen molar-refractivity contribution in [1.29, 1.82) is 0 Å². The predicted octanol–water partition coefficient (Wildman–Crippen LogP) is 1.67. The molecule has 0 radical (unpaired) electrons. The van der Waals surface area contributed by atoms with Crippen LogP contribution in [-0.2, 0) is 0 Å². The van der Waals surface area contributed by atoms with E-state index >= 15 is 0 Å². The van der Waals surface area contributed by atoms with Crippen molar-refractivity contribution in [2.75, 3.05) is 5.73 Å². The van der Waals surface area contributed by atoms with E-state index in [1.165, 1.54) is 6.33 Å². The van der Waals surface area contributed by atoms with E-state index in [0.717, 1.165) is 22.3 Å². The molecule has 1 aromatic carbocycles. The summed E-state index contributed by atoms with van der Waals surface area (Å²) < 4.78 is 0. The molecule has 3 aromatic rings. The lowest BCUT2D eigenvalue weighted by Crippen LogP contribution is -1.93. The number of nitrogen functional groups attached to an aromatic ring is 1. The van der Waals surface area contributed by atoms with Crippen molar-refractivity contribution in [3.8, 4) is 11.3 Å². The Balaban J connectivity index is 2.18. The molecule has 0 unspecified atom stereocenters. The predicted molar refractivity (Wildman–Crippen MR) is 65.0 cm³/mol. The van der Waals surface area contributed by atoms with Crippen molar-refractivity contribution in [2.45, 2.75) is 0 Å². The smallest absolute Gasteiger partial charge is 0.127 e. The quantitative estimate of drug-likeness (QED) is 0.679. The molecular formula is C12H9N5. The molecule has 0 aliphatic heterocycles. The van der Waals surface area contributed by atoms with Crippen LogP contribution in [0.3, 0.4) is 0 Å². The van der Waals surface area contributed by atoms with Crippen LogP contribution in [-0.4, -0.2) is 19.9 Å². The number of aromatic nitrogens is 4. The lowest BCUT2D eigenvalue weighted by atomic mass is 10.1. The highest BCUT2D eigenvalue weighted by Crippen LogP contribution is 2.21. The third-order valence-electron chi connectivity index (χ3n) is 2.45. The molecule has 0 fully saturated rings. The van der Waals surface area contributed by atoms with Gasteiger partial charge in [0.15, 0.2) is 0 Å². The van der Waals surface area contributed by atoms with E-state index in [2.05, 4.69) is 19.9 Å². The molecule has 0 saturated heterocycles. The van der Waals surface area contributed by atoms with Gasteiger partial charge in [0.2, 0.25) is 0 Å². The molecule has 0 saturated carbocycles. The normalized spacial score (nSPS) is 10.6. The maximum absolute atomic E-state index is 5.63. The number of anilines is 1. The minimum absolute atomic E-state index is 0.453. The first-order chi connectivity index (χ1) is 8.33. The Labute approximate surface area is 97.4 Å². The zero-order chi connectivity index (χ0) is 11.7. The van der Waals surface area contributed by atoms with E-state index in [-0.39, 0.29) is 0 Å². The molecule has 2 aromatic heterocycles. The minimum Gasteiger partial charge on any atom is -0.384 e. The second kappa shape index (κ2) is 3.79. The van der Waals surface area contributed by atoms with Crippen LogP contribution in [0.4, 0.5) is 5.82 Å². The van der Waals surface area contributed by atoms with Crippen LogP contribution in [0.25, 0.3) is 22.3 Å². The first-order valence-corrected chi connectivity index (χ1v) is 5.11. The SMILES string of the molecule is Nc1cc(-c2ccc3nccnc3c2)ncn1. The number of fused-ring (bicyclic) bond motifs is 1. The van der Waals surface area contributed by atoms with Gasteiger partial charge in [-0.2, -0.15) is 0 Å². The fourth-order valence-electron chi connectivity index (χ4n) is 1.65. The van der Waals surface area contributed by atoms with Crippen LogP contribution in [0, 0.1) is 0 Å². The van der Waals surface area contributed by atoms with Crippen LogP contribution in [0.15, 0.2) is 43.0 Å². The first-order valence-electron chi connectivity index (χ1n) is 5.11. The fraction of sp³-hybridized carbons (Fsp3) is 0. The van der Waals surface area contributed by atoms with Crippen molar-refractivity contribution < 1.29 is 0 Å². The topological polar surface area (TPSA) is 77.6 Å². The Morgan fingerprint density at radius 3 is 2.47 bits per heavy atom. The summed E-state index contributed by atoms with van der Waals surface area (Å²) in [5.41, 5.74) is 9.06. The second-order valence-electron chi connectivity index (χ2n) is 3.59. The van der Waals surface area contributed by atoms with Gasteiger partial charge in [0.05, 0.1) is 16.7 Å². The standard InChI is InChI=1S/C12H9N5/c13-12-6-10(16-7-17-12)8-1-2-9-11(5-8)15-4-3-14-9/h1-7H,(H2,13,16,17). The van der Waals surface area contributed by atoms with Crippen LogP contribution >= 0.6 is 0 Å². The molecule has 0 aliphatic rings. The summed E-state index contributed by atoms with van der Waals surface area (Å²) in [6.07, 6.45) is 4.79.